The van der Waals surface area contributed by atoms with Gasteiger partial charge in [-0.25, -0.2) is 0 Å². The number of rotatable bonds is 5. The van der Waals surface area contributed by atoms with E-state index in [1.807, 2.05) is 24.3 Å². The maximum Gasteiger partial charge on any atom is 0.224 e. The molecule has 1 N–H and O–H groups in total. The van der Waals surface area contributed by atoms with E-state index in [4.69, 9.17) is 0 Å². The van der Waals surface area contributed by atoms with Crippen LogP contribution >= 0.6 is 11.3 Å². The van der Waals surface area contributed by atoms with Gasteiger partial charge in [-0.1, -0.05) is 56.4 Å². The smallest absolute Gasteiger partial charge is 0.224 e. The van der Waals surface area contributed by atoms with Crippen LogP contribution in [0, 0.1) is 5.92 Å². The summed E-state index contributed by atoms with van der Waals surface area (Å²) in [4.78, 5) is 13.5. The fourth-order valence-electron chi connectivity index (χ4n) is 3.26. The molecule has 0 bridgehead atoms. The van der Waals surface area contributed by atoms with E-state index in [0.29, 0.717) is 6.42 Å². The molecule has 0 radical (unpaired) electrons. The van der Waals surface area contributed by atoms with Crippen LogP contribution in [0.15, 0.2) is 41.8 Å². The number of amides is 1. The lowest BCUT2D eigenvalue weighted by Gasteiger charge is -2.21. The van der Waals surface area contributed by atoms with Gasteiger partial charge in [-0.15, -0.1) is 11.3 Å². The van der Waals surface area contributed by atoms with E-state index in [2.05, 4.69) is 22.8 Å². The van der Waals surface area contributed by atoms with Gasteiger partial charge >= 0.3 is 0 Å². The van der Waals surface area contributed by atoms with Gasteiger partial charge in [0.05, 0.1) is 0 Å². The molecule has 1 fully saturated rings. The van der Waals surface area contributed by atoms with E-state index in [0.717, 1.165) is 23.6 Å². The zero-order valence-corrected chi connectivity index (χ0v) is 13.7. The lowest BCUT2D eigenvalue weighted by Crippen LogP contribution is -2.15. The zero-order chi connectivity index (χ0) is 15.2. The summed E-state index contributed by atoms with van der Waals surface area (Å²) in [6, 6.07) is 12.2. The van der Waals surface area contributed by atoms with Crippen LogP contribution in [-0.4, -0.2) is 5.91 Å². The molecule has 1 amide bonds. The van der Waals surface area contributed by atoms with Gasteiger partial charge < -0.3 is 5.32 Å². The molecule has 2 aromatic rings. The highest BCUT2D eigenvalue weighted by molar-refractivity contribution is 7.13. The van der Waals surface area contributed by atoms with Crippen molar-refractivity contribution in [2.75, 3.05) is 5.32 Å². The standard InChI is InChI=1S/C19H23NOS/c21-19(13-12-15-7-2-1-3-8-15)20-17-10-5-4-9-16(17)18-11-6-14-22-18/h4-6,9-11,14-15H,1-3,7-8,12-13H2,(H,20,21). The summed E-state index contributed by atoms with van der Waals surface area (Å²) < 4.78 is 0. The van der Waals surface area contributed by atoms with Crippen LogP contribution in [0.1, 0.15) is 44.9 Å². The van der Waals surface area contributed by atoms with Crippen LogP contribution in [-0.2, 0) is 4.79 Å². The number of anilines is 1. The number of nitrogens with one attached hydrogen (secondary N) is 1. The Morgan fingerprint density at radius 3 is 2.68 bits per heavy atom. The number of hydrogen-bond acceptors (Lipinski definition) is 2. The molecule has 0 saturated heterocycles. The molecule has 3 heteroatoms. The van der Waals surface area contributed by atoms with E-state index >= 15 is 0 Å². The van der Waals surface area contributed by atoms with Crippen molar-refractivity contribution in [3.05, 3.63) is 41.8 Å². The van der Waals surface area contributed by atoms with E-state index in [1.54, 1.807) is 11.3 Å². The first kappa shape index (κ1) is 15.3. The Bertz CT molecular complexity index is 600. The third-order valence-electron chi connectivity index (χ3n) is 4.49. The Kier molecular flexibility index (Phi) is 5.28. The molecule has 0 spiro atoms. The predicted octanol–water partition coefficient (Wildman–Crippen LogP) is 5.71. The van der Waals surface area contributed by atoms with Crippen molar-refractivity contribution in [1.82, 2.24) is 0 Å². The summed E-state index contributed by atoms with van der Waals surface area (Å²) >= 11 is 1.70. The molecule has 1 aromatic heterocycles. The van der Waals surface area contributed by atoms with Crippen LogP contribution in [0.4, 0.5) is 5.69 Å². The molecule has 1 heterocycles. The summed E-state index contributed by atoms with van der Waals surface area (Å²) in [6.45, 7) is 0. The van der Waals surface area contributed by atoms with Crippen molar-refractivity contribution in [2.24, 2.45) is 5.92 Å². The van der Waals surface area contributed by atoms with E-state index in [-0.39, 0.29) is 5.91 Å². The Labute approximate surface area is 136 Å². The summed E-state index contributed by atoms with van der Waals surface area (Å²) in [5, 5.41) is 5.17. The van der Waals surface area contributed by atoms with Crippen molar-refractivity contribution in [1.29, 1.82) is 0 Å². The molecule has 2 nitrogen and oxygen atoms in total. The first-order chi connectivity index (χ1) is 10.8. The lowest BCUT2D eigenvalue weighted by molar-refractivity contribution is -0.116. The van der Waals surface area contributed by atoms with Crippen molar-refractivity contribution < 1.29 is 4.79 Å². The number of hydrogen-bond donors (Lipinski definition) is 1. The maximum atomic E-state index is 12.3. The molecule has 22 heavy (non-hydrogen) atoms. The average molecular weight is 313 g/mol. The fraction of sp³-hybridized carbons (Fsp3) is 0.421. The van der Waals surface area contributed by atoms with Crippen molar-refractivity contribution >= 4 is 22.9 Å². The molecular formula is C19H23NOS. The largest absolute Gasteiger partial charge is 0.325 e. The minimum absolute atomic E-state index is 0.148. The zero-order valence-electron chi connectivity index (χ0n) is 12.9. The molecule has 116 valence electrons. The van der Waals surface area contributed by atoms with Crippen LogP contribution in [0.5, 0.6) is 0 Å². The molecule has 0 aliphatic heterocycles. The number of carbonyl (C=O) groups excluding carboxylic acids is 1. The van der Waals surface area contributed by atoms with Gasteiger partial charge in [0.15, 0.2) is 0 Å². The second kappa shape index (κ2) is 7.59. The molecule has 3 rings (SSSR count). The molecule has 1 aliphatic carbocycles. The van der Waals surface area contributed by atoms with Crippen molar-refractivity contribution in [2.45, 2.75) is 44.9 Å². The summed E-state index contributed by atoms with van der Waals surface area (Å²) in [6.07, 6.45) is 8.34. The van der Waals surface area contributed by atoms with Crippen molar-refractivity contribution in [3.63, 3.8) is 0 Å². The Hall–Kier alpha value is -1.61. The summed E-state index contributed by atoms with van der Waals surface area (Å²) in [5.41, 5.74) is 2.04. The third kappa shape index (κ3) is 3.98. The molecule has 0 unspecified atom stereocenters. The molecule has 1 aliphatic rings. The van der Waals surface area contributed by atoms with Gasteiger partial charge in [-0.3, -0.25) is 4.79 Å². The van der Waals surface area contributed by atoms with Crippen LogP contribution < -0.4 is 5.32 Å². The molecule has 1 aromatic carbocycles. The van der Waals surface area contributed by atoms with E-state index < -0.39 is 0 Å². The molecular weight excluding hydrogens is 290 g/mol. The first-order valence-electron chi connectivity index (χ1n) is 8.25. The second-order valence-corrected chi connectivity index (χ2v) is 7.06. The normalized spacial score (nSPS) is 15.6. The highest BCUT2D eigenvalue weighted by Crippen LogP contribution is 2.32. The quantitative estimate of drug-likeness (QED) is 0.752. The average Bonchev–Trinajstić information content (AvgIpc) is 3.09. The molecule has 0 atom stereocenters. The minimum Gasteiger partial charge on any atom is -0.325 e. The monoisotopic (exact) mass is 313 g/mol. The lowest BCUT2D eigenvalue weighted by atomic mass is 9.86. The first-order valence-corrected chi connectivity index (χ1v) is 9.13. The topological polar surface area (TPSA) is 29.1 Å². The van der Waals surface area contributed by atoms with Gasteiger partial charge in [0, 0.05) is 22.5 Å². The Balaban J connectivity index is 1.59. The third-order valence-corrected chi connectivity index (χ3v) is 5.40. The molecule has 1 saturated carbocycles. The van der Waals surface area contributed by atoms with Gasteiger partial charge in [0.2, 0.25) is 5.91 Å². The highest BCUT2D eigenvalue weighted by Gasteiger charge is 2.15. The maximum absolute atomic E-state index is 12.3. The summed E-state index contributed by atoms with van der Waals surface area (Å²) in [5.74, 6) is 0.904. The van der Waals surface area contributed by atoms with E-state index in [9.17, 15) is 4.79 Å². The Morgan fingerprint density at radius 2 is 1.91 bits per heavy atom. The fourth-order valence-corrected chi connectivity index (χ4v) is 4.03. The number of para-hydroxylation sites is 1. The van der Waals surface area contributed by atoms with E-state index in [1.165, 1.54) is 37.0 Å². The minimum atomic E-state index is 0.148. The van der Waals surface area contributed by atoms with Gasteiger partial charge in [0.25, 0.3) is 0 Å². The SMILES string of the molecule is O=C(CCC1CCCCC1)Nc1ccccc1-c1cccs1. The number of benzene rings is 1. The van der Waals surface area contributed by atoms with Crippen molar-refractivity contribution in [3.8, 4) is 10.4 Å². The Morgan fingerprint density at radius 1 is 1.09 bits per heavy atom. The second-order valence-electron chi connectivity index (χ2n) is 6.11. The van der Waals surface area contributed by atoms with Gasteiger partial charge in [-0.05, 0) is 29.9 Å². The highest BCUT2D eigenvalue weighted by atomic mass is 32.1. The summed E-state index contributed by atoms with van der Waals surface area (Å²) in [7, 11) is 0. The number of thiophene rings is 1. The van der Waals surface area contributed by atoms with Gasteiger partial charge in [0.1, 0.15) is 0 Å². The van der Waals surface area contributed by atoms with Crippen LogP contribution in [0.25, 0.3) is 10.4 Å². The predicted molar refractivity (Wildman–Crippen MR) is 94.2 cm³/mol. The van der Waals surface area contributed by atoms with Gasteiger partial charge in [-0.2, -0.15) is 0 Å². The van der Waals surface area contributed by atoms with Crippen LogP contribution in [0.3, 0.4) is 0 Å². The van der Waals surface area contributed by atoms with Crippen LogP contribution in [0.2, 0.25) is 0 Å². The number of carbonyl (C=O) groups is 1.